The maximum atomic E-state index is 11.9. The van der Waals surface area contributed by atoms with Gasteiger partial charge < -0.3 is 14.2 Å². The molecule has 0 unspecified atom stereocenters. The molecule has 0 saturated carbocycles. The van der Waals surface area contributed by atoms with Crippen LogP contribution in [0.2, 0.25) is 0 Å². The Morgan fingerprint density at radius 1 is 1.33 bits per heavy atom. The molecule has 1 aromatic carbocycles. The van der Waals surface area contributed by atoms with E-state index in [0.717, 1.165) is 11.3 Å². The van der Waals surface area contributed by atoms with Gasteiger partial charge in [0.05, 0.1) is 13.7 Å². The second kappa shape index (κ2) is 4.98. The van der Waals surface area contributed by atoms with Crippen molar-refractivity contribution in [1.29, 1.82) is 0 Å². The summed E-state index contributed by atoms with van der Waals surface area (Å²) in [5.41, 5.74) is 0.190. The highest BCUT2D eigenvalue weighted by Crippen LogP contribution is 2.52. The third-order valence-electron chi connectivity index (χ3n) is 3.26. The number of epoxide rings is 1. The van der Waals surface area contributed by atoms with Crippen LogP contribution in [-0.2, 0) is 14.3 Å². The smallest absolute Gasteiger partial charge is 0.341 e. The number of carbonyl (C=O) groups is 1. The topological polar surface area (TPSA) is 48.1 Å². The standard InChI is InChI=1S/C14H18O4/c1-4-14(13(15)17-5-2)12(18-14)10-6-8-11(16-3)9-7-10/h6-9,12H,4-5H2,1-3H3/t12-,14-/m1/s1. The lowest BCUT2D eigenvalue weighted by molar-refractivity contribution is -0.149. The first-order chi connectivity index (χ1) is 8.67. The van der Waals surface area contributed by atoms with E-state index in [4.69, 9.17) is 14.2 Å². The van der Waals surface area contributed by atoms with Crippen molar-refractivity contribution < 1.29 is 19.0 Å². The van der Waals surface area contributed by atoms with E-state index in [0.29, 0.717) is 13.0 Å². The number of methoxy groups -OCH3 is 1. The van der Waals surface area contributed by atoms with E-state index in [-0.39, 0.29) is 12.1 Å². The largest absolute Gasteiger partial charge is 0.497 e. The lowest BCUT2D eigenvalue weighted by atomic mass is 9.97. The van der Waals surface area contributed by atoms with Crippen molar-refractivity contribution in [2.75, 3.05) is 13.7 Å². The Kier molecular flexibility index (Phi) is 3.57. The Morgan fingerprint density at radius 2 is 2.00 bits per heavy atom. The van der Waals surface area contributed by atoms with Crippen molar-refractivity contribution in [1.82, 2.24) is 0 Å². The second-order valence-corrected chi connectivity index (χ2v) is 4.23. The number of carbonyl (C=O) groups excluding carboxylic acids is 1. The first kappa shape index (κ1) is 12.9. The van der Waals surface area contributed by atoms with Gasteiger partial charge in [0.15, 0.2) is 5.60 Å². The minimum atomic E-state index is -0.787. The molecule has 1 fully saturated rings. The van der Waals surface area contributed by atoms with Crippen LogP contribution < -0.4 is 4.74 Å². The first-order valence-corrected chi connectivity index (χ1v) is 6.17. The van der Waals surface area contributed by atoms with E-state index in [9.17, 15) is 4.79 Å². The highest BCUT2D eigenvalue weighted by molar-refractivity contribution is 5.83. The summed E-state index contributed by atoms with van der Waals surface area (Å²) < 4.78 is 15.8. The Labute approximate surface area is 107 Å². The number of esters is 1. The molecule has 4 nitrogen and oxygen atoms in total. The summed E-state index contributed by atoms with van der Waals surface area (Å²) in [6.07, 6.45) is 0.412. The minimum absolute atomic E-state index is 0.201. The molecule has 0 aliphatic carbocycles. The normalized spacial score (nSPS) is 25.6. The Morgan fingerprint density at radius 3 is 2.50 bits per heavy atom. The molecule has 0 amide bonds. The van der Waals surface area contributed by atoms with E-state index >= 15 is 0 Å². The predicted molar refractivity (Wildman–Crippen MR) is 66.5 cm³/mol. The van der Waals surface area contributed by atoms with Gasteiger partial charge in [0.25, 0.3) is 0 Å². The third kappa shape index (κ3) is 2.08. The van der Waals surface area contributed by atoms with E-state index in [1.165, 1.54) is 0 Å². The van der Waals surface area contributed by atoms with Crippen molar-refractivity contribution in [2.45, 2.75) is 32.0 Å². The zero-order valence-electron chi connectivity index (χ0n) is 10.9. The van der Waals surface area contributed by atoms with Crippen molar-refractivity contribution in [3.63, 3.8) is 0 Å². The van der Waals surface area contributed by atoms with Gasteiger partial charge in [-0.15, -0.1) is 0 Å². The van der Waals surface area contributed by atoms with Gasteiger partial charge in [0.1, 0.15) is 11.9 Å². The van der Waals surface area contributed by atoms with Crippen LogP contribution in [0.1, 0.15) is 31.9 Å². The minimum Gasteiger partial charge on any atom is -0.497 e. The molecule has 18 heavy (non-hydrogen) atoms. The summed E-state index contributed by atoms with van der Waals surface area (Å²) in [5.74, 6) is 0.519. The SMILES string of the molecule is CCOC(=O)[C@]1(CC)O[C@@H]1c1ccc(OC)cc1. The maximum Gasteiger partial charge on any atom is 0.341 e. The zero-order chi connectivity index (χ0) is 13.2. The van der Waals surface area contributed by atoms with Gasteiger partial charge >= 0.3 is 5.97 Å². The van der Waals surface area contributed by atoms with Crippen LogP contribution in [0.3, 0.4) is 0 Å². The van der Waals surface area contributed by atoms with Crippen molar-refractivity contribution in [2.24, 2.45) is 0 Å². The summed E-state index contributed by atoms with van der Waals surface area (Å²) in [6, 6.07) is 7.56. The molecule has 0 bridgehead atoms. The van der Waals surface area contributed by atoms with Crippen LogP contribution >= 0.6 is 0 Å². The molecule has 0 aromatic heterocycles. The molecule has 1 aromatic rings. The molecule has 4 heteroatoms. The van der Waals surface area contributed by atoms with Crippen molar-refractivity contribution in [3.8, 4) is 5.75 Å². The van der Waals surface area contributed by atoms with Crippen LogP contribution in [0, 0.1) is 0 Å². The number of rotatable bonds is 5. The third-order valence-corrected chi connectivity index (χ3v) is 3.26. The first-order valence-electron chi connectivity index (χ1n) is 6.17. The molecule has 2 rings (SSSR count). The zero-order valence-corrected chi connectivity index (χ0v) is 10.9. The highest BCUT2D eigenvalue weighted by Gasteiger charge is 2.63. The van der Waals surface area contributed by atoms with Crippen LogP contribution in [0.5, 0.6) is 5.75 Å². The van der Waals surface area contributed by atoms with Gasteiger partial charge in [-0.3, -0.25) is 0 Å². The number of ether oxygens (including phenoxy) is 3. The molecule has 0 spiro atoms. The van der Waals surface area contributed by atoms with Gasteiger partial charge in [-0.2, -0.15) is 0 Å². The van der Waals surface area contributed by atoms with E-state index < -0.39 is 5.60 Å². The van der Waals surface area contributed by atoms with E-state index in [1.54, 1.807) is 14.0 Å². The van der Waals surface area contributed by atoms with Gasteiger partial charge in [0, 0.05) is 0 Å². The molecule has 0 N–H and O–H groups in total. The molecule has 1 heterocycles. The highest BCUT2D eigenvalue weighted by atomic mass is 16.7. The Bertz CT molecular complexity index is 426. The van der Waals surface area contributed by atoms with Gasteiger partial charge in [0.2, 0.25) is 0 Å². The molecular formula is C14H18O4. The van der Waals surface area contributed by atoms with Gasteiger partial charge in [-0.25, -0.2) is 4.79 Å². The predicted octanol–water partition coefficient (Wildman–Crippen LogP) is 2.48. The van der Waals surface area contributed by atoms with Crippen molar-refractivity contribution >= 4 is 5.97 Å². The lowest BCUT2D eigenvalue weighted by Crippen LogP contribution is -2.27. The average Bonchev–Trinajstić information content (AvgIpc) is 3.15. The van der Waals surface area contributed by atoms with Crippen molar-refractivity contribution in [3.05, 3.63) is 29.8 Å². The summed E-state index contributed by atoms with van der Waals surface area (Å²) in [5, 5.41) is 0. The summed E-state index contributed by atoms with van der Waals surface area (Å²) in [4.78, 5) is 11.9. The maximum absolute atomic E-state index is 11.9. The molecule has 98 valence electrons. The summed E-state index contributed by atoms with van der Waals surface area (Å²) in [6.45, 7) is 4.10. The molecular weight excluding hydrogens is 232 g/mol. The lowest BCUT2D eigenvalue weighted by Gasteiger charge is -2.09. The van der Waals surface area contributed by atoms with E-state index in [1.807, 2.05) is 31.2 Å². The fraction of sp³-hybridized carbons (Fsp3) is 0.500. The second-order valence-electron chi connectivity index (χ2n) is 4.23. The van der Waals surface area contributed by atoms with Crippen LogP contribution in [0.25, 0.3) is 0 Å². The number of hydrogen-bond donors (Lipinski definition) is 0. The molecule has 1 aliphatic rings. The molecule has 2 atom stereocenters. The number of benzene rings is 1. The van der Waals surface area contributed by atoms with Gasteiger partial charge in [-0.1, -0.05) is 19.1 Å². The van der Waals surface area contributed by atoms with E-state index in [2.05, 4.69) is 0 Å². The quantitative estimate of drug-likeness (QED) is 0.595. The summed E-state index contributed by atoms with van der Waals surface area (Å²) >= 11 is 0. The number of hydrogen-bond acceptors (Lipinski definition) is 4. The molecule has 0 radical (unpaired) electrons. The molecule has 1 aliphatic heterocycles. The Hall–Kier alpha value is -1.55. The molecule has 1 saturated heterocycles. The van der Waals surface area contributed by atoms with Gasteiger partial charge in [-0.05, 0) is 31.0 Å². The van der Waals surface area contributed by atoms with Crippen LogP contribution in [-0.4, -0.2) is 25.3 Å². The fourth-order valence-corrected chi connectivity index (χ4v) is 2.11. The summed E-state index contributed by atoms with van der Waals surface area (Å²) in [7, 11) is 1.62. The Balaban J connectivity index is 2.13. The van der Waals surface area contributed by atoms with Crippen LogP contribution in [0.15, 0.2) is 24.3 Å². The monoisotopic (exact) mass is 250 g/mol. The van der Waals surface area contributed by atoms with Crippen LogP contribution in [0.4, 0.5) is 0 Å². The fourth-order valence-electron chi connectivity index (χ4n) is 2.11. The average molecular weight is 250 g/mol.